The lowest BCUT2D eigenvalue weighted by Gasteiger charge is -2.25. The van der Waals surface area contributed by atoms with Gasteiger partial charge in [-0.2, -0.15) is 0 Å². The Morgan fingerprint density at radius 1 is 0.739 bits per heavy atom. The van der Waals surface area contributed by atoms with E-state index in [2.05, 4.69) is 37.8 Å². The summed E-state index contributed by atoms with van der Waals surface area (Å²) in [4.78, 5) is 27.1. The molecule has 0 amide bonds. The molecule has 0 radical (unpaired) electrons. The zero-order valence-corrected chi connectivity index (χ0v) is 31.2. The minimum Gasteiger partial charge on any atom is -0.465 e. The average molecular weight is 650 g/mol. The van der Waals surface area contributed by atoms with Gasteiger partial charge in [-0.05, 0) is 83.3 Å². The molecule has 0 N–H and O–H groups in total. The topological polar surface area (TPSA) is 65.1 Å². The van der Waals surface area contributed by atoms with Gasteiger partial charge in [-0.15, -0.1) is 0 Å². The Hall–Kier alpha value is -1.40. The molecule has 0 aromatic carbocycles. The van der Waals surface area contributed by atoms with Gasteiger partial charge in [0.25, 0.3) is 0 Å². The van der Waals surface area contributed by atoms with E-state index in [9.17, 15) is 9.59 Å². The van der Waals surface area contributed by atoms with E-state index < -0.39 is 0 Å². The van der Waals surface area contributed by atoms with Crippen LogP contribution in [0.3, 0.4) is 0 Å². The molecule has 0 aromatic rings. The number of hydrogen-bond acceptors (Lipinski definition) is 6. The Morgan fingerprint density at radius 3 is 1.96 bits per heavy atom. The van der Waals surface area contributed by atoms with Crippen LogP contribution in [0.25, 0.3) is 0 Å². The lowest BCUT2D eigenvalue weighted by Crippen LogP contribution is -2.26. The maximum atomic E-state index is 12.7. The number of unbranched alkanes of at least 4 members (excludes halogenated alkanes) is 10. The van der Waals surface area contributed by atoms with Crippen molar-refractivity contribution in [1.82, 2.24) is 4.90 Å². The average Bonchev–Trinajstić information content (AvgIpc) is 3.79. The number of hydrogen-bond donors (Lipinski definition) is 0. The van der Waals surface area contributed by atoms with Crippen molar-refractivity contribution in [3.63, 3.8) is 0 Å². The second-order valence-electron chi connectivity index (χ2n) is 14.4. The zero-order valence-electron chi connectivity index (χ0n) is 31.2. The molecule has 5 unspecified atom stereocenters. The number of allylic oxidation sites excluding steroid dienone is 2. The van der Waals surface area contributed by atoms with Crippen LogP contribution in [0, 0.1) is 23.7 Å². The van der Waals surface area contributed by atoms with Crippen molar-refractivity contribution in [2.75, 3.05) is 40.5 Å². The van der Waals surface area contributed by atoms with Gasteiger partial charge in [-0.1, -0.05) is 123 Å². The SMILES string of the molecule is CC/C=C\CC(COC(=O)CCCN(C)C)C(CC)CC(=O)OCC(C)OCCCCCCCCC1CC1CCCCCCCC. The van der Waals surface area contributed by atoms with Crippen LogP contribution in [0.1, 0.15) is 163 Å². The van der Waals surface area contributed by atoms with Crippen molar-refractivity contribution < 1.29 is 23.8 Å². The molecule has 5 atom stereocenters. The predicted octanol–water partition coefficient (Wildman–Crippen LogP) is 10.3. The normalized spacial score (nSPS) is 18.2. The summed E-state index contributed by atoms with van der Waals surface area (Å²) >= 11 is 0. The van der Waals surface area contributed by atoms with Crippen LogP contribution in [-0.2, 0) is 23.8 Å². The van der Waals surface area contributed by atoms with Crippen molar-refractivity contribution in [3.05, 3.63) is 12.2 Å². The fraction of sp³-hybridized carbons (Fsp3) is 0.900. The molecule has 46 heavy (non-hydrogen) atoms. The van der Waals surface area contributed by atoms with E-state index in [0.717, 1.165) is 57.1 Å². The van der Waals surface area contributed by atoms with Gasteiger partial charge in [-0.3, -0.25) is 9.59 Å². The molecule has 0 bridgehead atoms. The number of carbonyl (C=O) groups is 2. The van der Waals surface area contributed by atoms with Crippen LogP contribution in [0.4, 0.5) is 0 Å². The van der Waals surface area contributed by atoms with E-state index in [1.807, 2.05) is 21.0 Å². The van der Waals surface area contributed by atoms with Gasteiger partial charge >= 0.3 is 11.9 Å². The second-order valence-corrected chi connectivity index (χ2v) is 14.4. The molecule has 1 aliphatic rings. The molecule has 1 saturated carbocycles. The summed E-state index contributed by atoms with van der Waals surface area (Å²) in [6, 6.07) is 0. The highest BCUT2D eigenvalue weighted by Gasteiger charge is 2.35. The minimum atomic E-state index is -0.191. The Morgan fingerprint density at radius 2 is 1.35 bits per heavy atom. The monoisotopic (exact) mass is 650 g/mol. The van der Waals surface area contributed by atoms with E-state index in [4.69, 9.17) is 14.2 Å². The van der Waals surface area contributed by atoms with Crippen molar-refractivity contribution in [1.29, 1.82) is 0 Å². The minimum absolute atomic E-state index is 0.0988. The fourth-order valence-corrected chi connectivity index (χ4v) is 6.53. The number of ether oxygens (including phenoxy) is 3. The second kappa shape index (κ2) is 28.6. The predicted molar refractivity (Wildman–Crippen MR) is 193 cm³/mol. The molecule has 270 valence electrons. The molecule has 6 nitrogen and oxygen atoms in total. The standard InChI is InChI=1S/C40H75NO5/c1-7-10-12-13-16-20-24-36-30-37(36)25-21-17-14-15-18-22-29-44-34(4)32-45-40(43)31-35(9-3)38(26-19-11-8-2)33-46-39(42)27-23-28-41(5)6/h11,19,34-38H,7-10,12-18,20-33H2,1-6H3/b19-11-. The molecule has 0 heterocycles. The number of carbonyl (C=O) groups excluding carboxylic acids is 2. The molecule has 0 saturated heterocycles. The van der Waals surface area contributed by atoms with E-state index in [1.165, 1.54) is 89.9 Å². The van der Waals surface area contributed by atoms with E-state index >= 15 is 0 Å². The molecular formula is C40H75NO5. The van der Waals surface area contributed by atoms with Crippen LogP contribution < -0.4 is 0 Å². The molecule has 1 aliphatic carbocycles. The molecule has 0 aromatic heterocycles. The summed E-state index contributed by atoms with van der Waals surface area (Å²) in [7, 11) is 4.00. The van der Waals surface area contributed by atoms with Gasteiger partial charge in [0, 0.05) is 19.4 Å². The van der Waals surface area contributed by atoms with Crippen molar-refractivity contribution in [2.45, 2.75) is 169 Å². The first-order valence-corrected chi connectivity index (χ1v) is 19.5. The molecule has 1 fully saturated rings. The summed E-state index contributed by atoms with van der Waals surface area (Å²) in [6.45, 7) is 10.7. The van der Waals surface area contributed by atoms with Crippen molar-refractivity contribution in [3.8, 4) is 0 Å². The smallest absolute Gasteiger partial charge is 0.306 e. The summed E-state index contributed by atoms with van der Waals surface area (Å²) in [5, 5.41) is 0. The van der Waals surface area contributed by atoms with Gasteiger partial charge < -0.3 is 19.1 Å². The number of esters is 2. The van der Waals surface area contributed by atoms with E-state index in [0.29, 0.717) is 19.4 Å². The van der Waals surface area contributed by atoms with Gasteiger partial charge in [-0.25, -0.2) is 0 Å². The quantitative estimate of drug-likeness (QED) is 0.0410. The van der Waals surface area contributed by atoms with Gasteiger partial charge in [0.05, 0.1) is 12.7 Å². The van der Waals surface area contributed by atoms with E-state index in [1.54, 1.807) is 0 Å². The third kappa shape index (κ3) is 23.8. The number of nitrogens with zero attached hydrogens (tertiary/aromatic N) is 1. The Labute approximate surface area is 285 Å². The van der Waals surface area contributed by atoms with E-state index in [-0.39, 0.29) is 36.5 Å². The fourth-order valence-electron chi connectivity index (χ4n) is 6.53. The van der Waals surface area contributed by atoms with Gasteiger partial charge in [0.2, 0.25) is 0 Å². The first-order valence-electron chi connectivity index (χ1n) is 19.5. The van der Waals surface area contributed by atoms with Crippen LogP contribution in [0.15, 0.2) is 12.2 Å². The lowest BCUT2D eigenvalue weighted by molar-refractivity contribution is -0.150. The maximum Gasteiger partial charge on any atom is 0.306 e. The van der Waals surface area contributed by atoms with Gasteiger partial charge in [0.1, 0.15) is 6.61 Å². The number of rotatable bonds is 32. The van der Waals surface area contributed by atoms with Crippen LogP contribution >= 0.6 is 0 Å². The summed E-state index contributed by atoms with van der Waals surface area (Å²) < 4.78 is 17.2. The highest BCUT2D eigenvalue weighted by atomic mass is 16.6. The van der Waals surface area contributed by atoms with Crippen molar-refractivity contribution >= 4 is 11.9 Å². The highest BCUT2D eigenvalue weighted by Crippen LogP contribution is 2.45. The molecule has 0 spiro atoms. The molecule has 0 aliphatic heterocycles. The van der Waals surface area contributed by atoms with Crippen LogP contribution in [0.5, 0.6) is 0 Å². The zero-order chi connectivity index (χ0) is 33.8. The lowest BCUT2D eigenvalue weighted by atomic mass is 9.85. The first-order chi connectivity index (χ1) is 22.3. The third-order valence-corrected chi connectivity index (χ3v) is 9.75. The van der Waals surface area contributed by atoms with Crippen molar-refractivity contribution in [2.24, 2.45) is 23.7 Å². The van der Waals surface area contributed by atoms with Gasteiger partial charge in [0.15, 0.2) is 0 Å². The summed E-state index contributed by atoms with van der Waals surface area (Å²) in [5.74, 6) is 1.97. The largest absolute Gasteiger partial charge is 0.465 e. The summed E-state index contributed by atoms with van der Waals surface area (Å²) in [5.41, 5.74) is 0. The van der Waals surface area contributed by atoms with Crippen LogP contribution in [0.2, 0.25) is 0 Å². The highest BCUT2D eigenvalue weighted by molar-refractivity contribution is 5.70. The Bertz CT molecular complexity index is 769. The Kier molecular flexibility index (Phi) is 26.5. The molecule has 6 heteroatoms. The Balaban J connectivity index is 2.13. The first kappa shape index (κ1) is 42.6. The van der Waals surface area contributed by atoms with Crippen LogP contribution in [-0.4, -0.2) is 63.4 Å². The third-order valence-electron chi connectivity index (χ3n) is 9.75. The summed E-state index contributed by atoms with van der Waals surface area (Å²) in [6.07, 6.45) is 29.0. The molecule has 1 rings (SSSR count). The maximum absolute atomic E-state index is 12.7. The molecular weight excluding hydrogens is 574 g/mol.